The Labute approximate surface area is 125 Å². The summed E-state index contributed by atoms with van der Waals surface area (Å²) in [6, 6.07) is 0. The zero-order valence-corrected chi connectivity index (χ0v) is 13.9. The number of hydrogen-bond acceptors (Lipinski definition) is 4. The Hall–Kier alpha value is -1.20. The van der Waals surface area contributed by atoms with Crippen LogP contribution < -0.4 is 0 Å². The van der Waals surface area contributed by atoms with E-state index in [9.17, 15) is 9.90 Å². The summed E-state index contributed by atoms with van der Waals surface area (Å²) in [7, 11) is 1.68. The number of carbonyl (C=O) groups excluding carboxylic acids is 1. The molecule has 0 unspecified atom stereocenters. The highest BCUT2D eigenvalue weighted by molar-refractivity contribution is 7.12. The molecule has 0 radical (unpaired) electrons. The number of likely N-dealkylation sites (N-methyl/N-ethyl adjacent to an activating group) is 1. The average molecular weight is 296 g/mol. The van der Waals surface area contributed by atoms with E-state index in [1.54, 1.807) is 44.5 Å². The summed E-state index contributed by atoms with van der Waals surface area (Å²) in [6.07, 6.45) is 5.08. The van der Waals surface area contributed by atoms with Gasteiger partial charge in [-0.2, -0.15) is 0 Å². The standard InChI is InChI=1S/C15H24N2O2S/c1-14(2,3)13-16-9-11(20-13)7-8-12(18)17(6)10-15(4,5)19/h7-9,19H,10H2,1-6H3/b8-7+. The fourth-order valence-electron chi connectivity index (χ4n) is 1.65. The van der Waals surface area contributed by atoms with Gasteiger partial charge in [-0.1, -0.05) is 20.8 Å². The van der Waals surface area contributed by atoms with Crippen molar-refractivity contribution in [1.82, 2.24) is 9.88 Å². The van der Waals surface area contributed by atoms with Crippen LogP contribution in [0.3, 0.4) is 0 Å². The fraction of sp³-hybridized carbons (Fsp3) is 0.600. The Morgan fingerprint density at radius 3 is 2.45 bits per heavy atom. The summed E-state index contributed by atoms with van der Waals surface area (Å²) < 4.78 is 0. The number of hydrogen-bond donors (Lipinski definition) is 1. The van der Waals surface area contributed by atoms with Crippen LogP contribution in [-0.2, 0) is 10.2 Å². The van der Waals surface area contributed by atoms with Gasteiger partial charge >= 0.3 is 0 Å². The molecule has 0 aromatic carbocycles. The Kier molecular flexibility index (Phi) is 5.10. The van der Waals surface area contributed by atoms with Crippen molar-refractivity contribution in [1.29, 1.82) is 0 Å². The van der Waals surface area contributed by atoms with Crippen molar-refractivity contribution in [3.63, 3.8) is 0 Å². The number of carbonyl (C=O) groups is 1. The van der Waals surface area contributed by atoms with E-state index in [1.807, 2.05) is 0 Å². The van der Waals surface area contributed by atoms with E-state index in [2.05, 4.69) is 25.8 Å². The van der Waals surface area contributed by atoms with Crippen molar-refractivity contribution in [3.8, 4) is 0 Å². The Balaban J connectivity index is 2.68. The van der Waals surface area contributed by atoms with Gasteiger partial charge in [0.1, 0.15) is 0 Å². The maximum atomic E-state index is 11.9. The molecule has 1 aromatic rings. The minimum Gasteiger partial charge on any atom is -0.389 e. The van der Waals surface area contributed by atoms with Crippen LogP contribution in [0, 0.1) is 0 Å². The van der Waals surface area contributed by atoms with E-state index < -0.39 is 5.60 Å². The lowest BCUT2D eigenvalue weighted by molar-refractivity contribution is -0.127. The first-order valence-corrected chi connectivity index (χ1v) is 7.42. The highest BCUT2D eigenvalue weighted by Crippen LogP contribution is 2.27. The zero-order valence-electron chi connectivity index (χ0n) is 13.1. The minimum atomic E-state index is -0.887. The molecular weight excluding hydrogens is 272 g/mol. The molecule has 0 fully saturated rings. The third kappa shape index (κ3) is 5.43. The normalized spacial score (nSPS) is 12.9. The molecule has 0 aliphatic heterocycles. The lowest BCUT2D eigenvalue weighted by Crippen LogP contribution is -2.38. The second-order valence-corrected chi connectivity index (χ2v) is 7.72. The van der Waals surface area contributed by atoms with Gasteiger partial charge in [0.15, 0.2) is 0 Å². The zero-order chi connectivity index (χ0) is 15.6. The van der Waals surface area contributed by atoms with Crippen LogP contribution in [0.1, 0.15) is 44.5 Å². The smallest absolute Gasteiger partial charge is 0.246 e. The quantitative estimate of drug-likeness (QED) is 0.869. The van der Waals surface area contributed by atoms with E-state index in [0.29, 0.717) is 6.54 Å². The molecular formula is C15H24N2O2S. The Morgan fingerprint density at radius 2 is 2.00 bits per heavy atom. The first kappa shape index (κ1) is 16.9. The number of aromatic nitrogens is 1. The number of aliphatic hydroxyl groups is 1. The SMILES string of the molecule is CN(CC(C)(C)O)C(=O)/C=C/c1cnc(C(C)(C)C)s1. The van der Waals surface area contributed by atoms with Crippen LogP contribution >= 0.6 is 11.3 Å². The van der Waals surface area contributed by atoms with E-state index in [4.69, 9.17) is 0 Å². The molecule has 0 bridgehead atoms. The van der Waals surface area contributed by atoms with Crippen molar-refractivity contribution in [2.45, 2.75) is 45.6 Å². The van der Waals surface area contributed by atoms with Crippen molar-refractivity contribution in [3.05, 3.63) is 22.2 Å². The van der Waals surface area contributed by atoms with Gasteiger partial charge in [-0.25, -0.2) is 4.98 Å². The largest absolute Gasteiger partial charge is 0.389 e. The molecule has 20 heavy (non-hydrogen) atoms. The van der Waals surface area contributed by atoms with Crippen LogP contribution in [0.4, 0.5) is 0 Å². The highest BCUT2D eigenvalue weighted by Gasteiger charge is 2.19. The second kappa shape index (κ2) is 6.06. The molecule has 1 heterocycles. The third-order valence-electron chi connectivity index (χ3n) is 2.56. The van der Waals surface area contributed by atoms with Gasteiger partial charge in [-0.05, 0) is 19.9 Å². The summed E-state index contributed by atoms with van der Waals surface area (Å²) in [5.41, 5.74) is -0.861. The van der Waals surface area contributed by atoms with Gasteiger partial charge in [0.05, 0.1) is 10.6 Å². The van der Waals surface area contributed by atoms with Crippen LogP contribution in [0.2, 0.25) is 0 Å². The van der Waals surface area contributed by atoms with Gasteiger partial charge in [-0.15, -0.1) is 11.3 Å². The minimum absolute atomic E-state index is 0.0263. The van der Waals surface area contributed by atoms with Gasteiger partial charge < -0.3 is 10.0 Å². The van der Waals surface area contributed by atoms with E-state index in [1.165, 1.54) is 11.0 Å². The van der Waals surface area contributed by atoms with E-state index in [0.717, 1.165) is 9.88 Å². The molecule has 1 rings (SSSR count). The molecule has 112 valence electrons. The van der Waals surface area contributed by atoms with E-state index in [-0.39, 0.29) is 11.3 Å². The summed E-state index contributed by atoms with van der Waals surface area (Å²) in [5.74, 6) is -0.127. The molecule has 4 nitrogen and oxygen atoms in total. The van der Waals surface area contributed by atoms with Crippen molar-refractivity contribution < 1.29 is 9.90 Å². The predicted octanol–water partition coefficient (Wildman–Crippen LogP) is 2.68. The van der Waals surface area contributed by atoms with Crippen LogP contribution in [0.25, 0.3) is 6.08 Å². The maximum absolute atomic E-state index is 11.9. The molecule has 0 spiro atoms. The molecule has 1 aromatic heterocycles. The maximum Gasteiger partial charge on any atom is 0.246 e. The second-order valence-electron chi connectivity index (χ2n) is 6.66. The molecule has 1 N–H and O–H groups in total. The number of rotatable bonds is 4. The van der Waals surface area contributed by atoms with Crippen LogP contribution in [0.5, 0.6) is 0 Å². The first-order chi connectivity index (χ1) is 8.99. The summed E-state index contributed by atoms with van der Waals surface area (Å²) in [6.45, 7) is 10.00. The topological polar surface area (TPSA) is 53.4 Å². The molecule has 0 saturated carbocycles. The lowest BCUT2D eigenvalue weighted by Gasteiger charge is -2.24. The molecule has 0 aliphatic rings. The Bertz CT molecular complexity index is 493. The van der Waals surface area contributed by atoms with Crippen molar-refractivity contribution in [2.75, 3.05) is 13.6 Å². The van der Waals surface area contributed by atoms with Gasteiger partial charge in [0, 0.05) is 36.2 Å². The number of thiazole rings is 1. The predicted molar refractivity (Wildman–Crippen MR) is 83.8 cm³/mol. The average Bonchev–Trinajstić information content (AvgIpc) is 2.71. The summed E-state index contributed by atoms with van der Waals surface area (Å²) in [5, 5.41) is 10.7. The monoisotopic (exact) mass is 296 g/mol. The van der Waals surface area contributed by atoms with Crippen molar-refractivity contribution >= 4 is 23.3 Å². The van der Waals surface area contributed by atoms with Gasteiger partial charge in [0.25, 0.3) is 0 Å². The molecule has 0 saturated heterocycles. The molecule has 0 aliphatic carbocycles. The first-order valence-electron chi connectivity index (χ1n) is 6.61. The Morgan fingerprint density at radius 1 is 1.40 bits per heavy atom. The van der Waals surface area contributed by atoms with Crippen LogP contribution in [0.15, 0.2) is 12.3 Å². The van der Waals surface area contributed by atoms with E-state index >= 15 is 0 Å². The molecule has 5 heteroatoms. The number of amides is 1. The lowest BCUT2D eigenvalue weighted by atomic mass is 9.98. The van der Waals surface area contributed by atoms with Crippen LogP contribution in [-0.4, -0.2) is 40.1 Å². The molecule has 1 amide bonds. The third-order valence-corrected chi connectivity index (χ3v) is 3.94. The molecule has 0 atom stereocenters. The fourth-order valence-corrected chi connectivity index (χ4v) is 2.53. The number of nitrogens with zero attached hydrogens (tertiary/aromatic N) is 2. The summed E-state index contributed by atoms with van der Waals surface area (Å²) >= 11 is 1.59. The van der Waals surface area contributed by atoms with Gasteiger partial charge in [-0.3, -0.25) is 4.79 Å². The van der Waals surface area contributed by atoms with Crippen molar-refractivity contribution in [2.24, 2.45) is 0 Å². The highest BCUT2D eigenvalue weighted by atomic mass is 32.1. The van der Waals surface area contributed by atoms with Gasteiger partial charge in [0.2, 0.25) is 5.91 Å². The summed E-state index contributed by atoms with van der Waals surface area (Å²) in [4.78, 5) is 18.7.